The summed E-state index contributed by atoms with van der Waals surface area (Å²) in [4.78, 5) is 3.26. The molecule has 0 bridgehead atoms. The minimum atomic E-state index is -0.718. The molecule has 1 nitrogen and oxygen atoms in total. The predicted octanol–water partition coefficient (Wildman–Crippen LogP) is 3.01. The van der Waals surface area contributed by atoms with E-state index in [1.54, 1.807) is 6.92 Å². The molecule has 0 aliphatic heterocycles. The van der Waals surface area contributed by atoms with E-state index in [1.165, 1.54) is 12.1 Å². The minimum absolute atomic E-state index is 0.379. The van der Waals surface area contributed by atoms with Crippen LogP contribution < -0.4 is 0 Å². The van der Waals surface area contributed by atoms with Gasteiger partial charge >= 0.3 is 0 Å². The minimum Gasteiger partial charge on any atom is -0.204 e. The Kier molecular flexibility index (Phi) is 2.63. The first-order valence-corrected chi connectivity index (χ1v) is 3.59. The molecule has 0 saturated heterocycles. The Balaban J connectivity index is 3.37. The highest BCUT2D eigenvalue weighted by Gasteiger charge is 2.07. The van der Waals surface area contributed by atoms with E-state index >= 15 is 0 Å². The first-order valence-electron chi connectivity index (χ1n) is 3.18. The zero-order chi connectivity index (χ0) is 9.14. The number of hydrogen-bond donors (Lipinski definition) is 0. The normalized spacial score (nSPS) is 9.25. The van der Waals surface area contributed by atoms with Gasteiger partial charge in [0, 0.05) is 0 Å². The highest BCUT2D eigenvalue weighted by molar-refractivity contribution is 7.78. The second kappa shape index (κ2) is 3.52. The molecule has 0 radical (unpaired) electrons. The molecule has 0 fully saturated rings. The van der Waals surface area contributed by atoms with Gasteiger partial charge in [0.15, 0.2) is 11.6 Å². The van der Waals surface area contributed by atoms with Gasteiger partial charge in [0.2, 0.25) is 0 Å². The van der Waals surface area contributed by atoms with Crippen LogP contribution in [0, 0.1) is 18.6 Å². The number of isothiocyanates is 1. The fourth-order valence-electron chi connectivity index (χ4n) is 0.845. The number of hydrogen-bond acceptors (Lipinski definition) is 2. The Morgan fingerprint density at radius 1 is 1.33 bits per heavy atom. The molecule has 0 aliphatic rings. The molecule has 0 unspecified atom stereocenters. The molecule has 4 heteroatoms. The van der Waals surface area contributed by atoms with Crippen molar-refractivity contribution < 1.29 is 8.78 Å². The van der Waals surface area contributed by atoms with Crippen LogP contribution in [-0.2, 0) is 0 Å². The third-order valence-electron chi connectivity index (χ3n) is 1.32. The third-order valence-corrected chi connectivity index (χ3v) is 1.41. The summed E-state index contributed by atoms with van der Waals surface area (Å²) in [5, 5.41) is 1.91. The molecule has 0 amide bonds. The average Bonchev–Trinajstić information content (AvgIpc) is 1.96. The number of thiocarbonyl (C=S) groups is 1. The molecule has 12 heavy (non-hydrogen) atoms. The summed E-state index contributed by atoms with van der Waals surface area (Å²) >= 11 is 4.24. The van der Waals surface area contributed by atoms with Crippen molar-refractivity contribution in [2.24, 2.45) is 4.99 Å². The maximum absolute atomic E-state index is 12.9. The summed E-state index contributed by atoms with van der Waals surface area (Å²) in [6, 6.07) is 2.38. The first-order chi connectivity index (χ1) is 5.65. The van der Waals surface area contributed by atoms with E-state index in [4.69, 9.17) is 0 Å². The van der Waals surface area contributed by atoms with E-state index in [1.807, 2.05) is 5.16 Å². The topological polar surface area (TPSA) is 12.4 Å². The first kappa shape index (κ1) is 8.97. The molecule has 0 heterocycles. The molecule has 0 spiro atoms. The van der Waals surface area contributed by atoms with Gasteiger partial charge in [0.1, 0.15) is 5.69 Å². The van der Waals surface area contributed by atoms with Crippen LogP contribution in [0.2, 0.25) is 0 Å². The molecule has 62 valence electrons. The van der Waals surface area contributed by atoms with Gasteiger partial charge in [-0.05, 0) is 36.8 Å². The van der Waals surface area contributed by atoms with E-state index in [2.05, 4.69) is 17.2 Å². The van der Waals surface area contributed by atoms with Crippen LogP contribution in [-0.4, -0.2) is 5.16 Å². The zero-order valence-corrected chi connectivity index (χ0v) is 7.08. The quantitative estimate of drug-likeness (QED) is 0.484. The molecule has 0 aromatic heterocycles. The second-order valence-electron chi connectivity index (χ2n) is 2.28. The van der Waals surface area contributed by atoms with E-state index in [0.717, 1.165) is 0 Å². The van der Waals surface area contributed by atoms with Gasteiger partial charge in [-0.2, -0.15) is 4.99 Å². The molecule has 1 aromatic carbocycles. The summed E-state index contributed by atoms with van der Waals surface area (Å²) in [7, 11) is 0. The molecule has 0 saturated carbocycles. The molecular weight excluding hydrogens is 180 g/mol. The van der Waals surface area contributed by atoms with E-state index in [-0.39, 0.29) is 5.69 Å². The van der Waals surface area contributed by atoms with Gasteiger partial charge in [-0.25, -0.2) is 8.78 Å². The fourth-order valence-corrected chi connectivity index (χ4v) is 0.936. The van der Waals surface area contributed by atoms with Gasteiger partial charge in [0.25, 0.3) is 0 Å². The Hall–Kier alpha value is -1.12. The van der Waals surface area contributed by atoms with Gasteiger partial charge in [-0.1, -0.05) is 0 Å². The SMILES string of the molecule is Cc1cc(F)c(N=C=S)c(F)c1. The zero-order valence-electron chi connectivity index (χ0n) is 6.27. The fraction of sp³-hybridized carbons (Fsp3) is 0.125. The number of nitrogens with zero attached hydrogens (tertiary/aromatic N) is 1. The van der Waals surface area contributed by atoms with Gasteiger partial charge in [0.05, 0.1) is 5.16 Å². The lowest BCUT2D eigenvalue weighted by molar-refractivity contribution is 0.586. The smallest absolute Gasteiger partial charge is 0.152 e. The van der Waals surface area contributed by atoms with Crippen LogP contribution in [0.15, 0.2) is 17.1 Å². The van der Waals surface area contributed by atoms with E-state index in [0.29, 0.717) is 5.56 Å². The molecular formula is C8H5F2NS. The van der Waals surface area contributed by atoms with Crippen molar-refractivity contribution in [1.29, 1.82) is 0 Å². The van der Waals surface area contributed by atoms with Crippen LogP contribution >= 0.6 is 12.2 Å². The van der Waals surface area contributed by atoms with Crippen molar-refractivity contribution in [2.75, 3.05) is 0 Å². The molecule has 0 N–H and O–H groups in total. The summed E-state index contributed by atoms with van der Waals surface area (Å²) in [5.41, 5.74) is 0.129. The summed E-state index contributed by atoms with van der Waals surface area (Å²) in [5.74, 6) is -1.44. The molecule has 1 rings (SSSR count). The van der Waals surface area contributed by atoms with Crippen LogP contribution in [0.3, 0.4) is 0 Å². The lowest BCUT2D eigenvalue weighted by Gasteiger charge is -1.98. The van der Waals surface area contributed by atoms with Crippen molar-refractivity contribution in [1.82, 2.24) is 0 Å². The largest absolute Gasteiger partial charge is 0.204 e. The average molecular weight is 185 g/mol. The summed E-state index contributed by atoms with van der Waals surface area (Å²) in [6.07, 6.45) is 0. The van der Waals surface area contributed by atoms with E-state index < -0.39 is 11.6 Å². The summed E-state index contributed by atoms with van der Waals surface area (Å²) in [6.45, 7) is 1.59. The predicted molar refractivity (Wildman–Crippen MR) is 45.8 cm³/mol. The van der Waals surface area contributed by atoms with Crippen LogP contribution in [0.5, 0.6) is 0 Å². The van der Waals surface area contributed by atoms with Gasteiger partial charge in [-0.15, -0.1) is 0 Å². The maximum atomic E-state index is 12.9. The highest BCUT2D eigenvalue weighted by Crippen LogP contribution is 2.22. The third kappa shape index (κ3) is 1.72. The molecule has 0 aliphatic carbocycles. The van der Waals surface area contributed by atoms with Crippen molar-refractivity contribution in [2.45, 2.75) is 6.92 Å². The Morgan fingerprint density at radius 2 is 1.83 bits per heavy atom. The maximum Gasteiger partial charge on any atom is 0.152 e. The Labute approximate surface area is 73.7 Å². The number of rotatable bonds is 1. The summed E-state index contributed by atoms with van der Waals surface area (Å²) < 4.78 is 25.8. The highest BCUT2D eigenvalue weighted by atomic mass is 32.1. The number of halogens is 2. The molecule has 1 aromatic rings. The van der Waals surface area contributed by atoms with Crippen molar-refractivity contribution in [3.8, 4) is 0 Å². The van der Waals surface area contributed by atoms with E-state index in [9.17, 15) is 8.78 Å². The van der Waals surface area contributed by atoms with Crippen molar-refractivity contribution >= 4 is 23.1 Å². The second-order valence-corrected chi connectivity index (χ2v) is 2.46. The lowest BCUT2D eigenvalue weighted by Crippen LogP contribution is -1.84. The lowest BCUT2D eigenvalue weighted by atomic mass is 10.2. The number of benzene rings is 1. The van der Waals surface area contributed by atoms with Crippen LogP contribution in [0.4, 0.5) is 14.5 Å². The van der Waals surface area contributed by atoms with Crippen LogP contribution in [0.25, 0.3) is 0 Å². The number of aryl methyl sites for hydroxylation is 1. The number of aliphatic imine (C=N–C) groups is 1. The van der Waals surface area contributed by atoms with Crippen LogP contribution in [0.1, 0.15) is 5.56 Å². The monoisotopic (exact) mass is 185 g/mol. The van der Waals surface area contributed by atoms with Crippen molar-refractivity contribution in [3.05, 3.63) is 29.3 Å². The molecule has 0 atom stereocenters. The van der Waals surface area contributed by atoms with Gasteiger partial charge in [-0.3, -0.25) is 0 Å². The van der Waals surface area contributed by atoms with Crippen molar-refractivity contribution in [3.63, 3.8) is 0 Å². The Morgan fingerprint density at radius 3 is 2.25 bits per heavy atom. The van der Waals surface area contributed by atoms with Gasteiger partial charge < -0.3 is 0 Å². The standard InChI is InChI=1S/C8H5F2NS/c1-5-2-6(9)8(11-4-12)7(10)3-5/h2-3H,1H3. The Bertz CT molecular complexity index is 333.